The lowest BCUT2D eigenvalue weighted by Crippen LogP contribution is -2.17. The number of benzene rings is 3. The number of hydrogen-bond acceptors (Lipinski definition) is 3. The fourth-order valence-electron chi connectivity index (χ4n) is 3.66. The molecule has 0 saturated heterocycles. The molecule has 0 atom stereocenters. The summed E-state index contributed by atoms with van der Waals surface area (Å²) in [6.07, 6.45) is -1.24. The van der Waals surface area contributed by atoms with Crippen LogP contribution >= 0.6 is 11.6 Å². The summed E-state index contributed by atoms with van der Waals surface area (Å²) in [7, 11) is 0. The minimum absolute atomic E-state index is 0.115. The van der Waals surface area contributed by atoms with Crippen LogP contribution in [0.1, 0.15) is 27.0 Å². The number of aromatic nitrogens is 1. The first-order valence-electron chi connectivity index (χ1n) is 10.2. The monoisotopic (exact) mass is 496 g/mol. The molecule has 0 radical (unpaired) electrons. The van der Waals surface area contributed by atoms with Gasteiger partial charge in [0.05, 0.1) is 22.7 Å². The second-order valence-electron chi connectivity index (χ2n) is 7.62. The van der Waals surface area contributed by atoms with Gasteiger partial charge in [0, 0.05) is 28.7 Å². The Bertz CT molecular complexity index is 1470. The van der Waals surface area contributed by atoms with E-state index in [0.717, 1.165) is 22.0 Å². The van der Waals surface area contributed by atoms with Crippen molar-refractivity contribution in [3.8, 4) is 11.8 Å². The van der Waals surface area contributed by atoms with Crippen LogP contribution in [0.3, 0.4) is 0 Å². The number of nitriles is 1. The smallest absolute Gasteiger partial charge is 0.478 e. The van der Waals surface area contributed by atoms with E-state index in [4.69, 9.17) is 16.7 Å². The van der Waals surface area contributed by atoms with Gasteiger partial charge in [0.15, 0.2) is 0 Å². The minimum atomic E-state index is -4.76. The van der Waals surface area contributed by atoms with Crippen LogP contribution in [0.5, 0.6) is 5.75 Å². The Hall–Kier alpha value is -4.22. The van der Waals surface area contributed by atoms with Crippen LogP contribution in [-0.4, -0.2) is 22.0 Å². The highest BCUT2D eigenvalue weighted by atomic mass is 35.5. The summed E-state index contributed by atoms with van der Waals surface area (Å²) in [6.45, 7) is 0.339. The van der Waals surface area contributed by atoms with E-state index >= 15 is 0 Å². The van der Waals surface area contributed by atoms with Gasteiger partial charge in [0.1, 0.15) is 5.75 Å². The van der Waals surface area contributed by atoms with E-state index in [2.05, 4.69) is 10.8 Å². The van der Waals surface area contributed by atoms with Gasteiger partial charge >= 0.3 is 12.3 Å². The maximum atomic E-state index is 12.4. The number of aromatic carboxylic acids is 1. The number of alkyl halides is 3. The number of ether oxygens (including phenoxy) is 1. The van der Waals surface area contributed by atoms with Gasteiger partial charge in [0.2, 0.25) is 0 Å². The highest BCUT2D eigenvalue weighted by Crippen LogP contribution is 2.30. The van der Waals surface area contributed by atoms with E-state index in [-0.39, 0.29) is 11.3 Å². The average Bonchev–Trinajstić information content (AvgIpc) is 3.14. The lowest BCUT2D eigenvalue weighted by Gasteiger charge is -2.10. The minimum Gasteiger partial charge on any atom is -0.478 e. The lowest BCUT2D eigenvalue weighted by molar-refractivity contribution is -0.274. The van der Waals surface area contributed by atoms with Gasteiger partial charge in [-0.2, -0.15) is 5.26 Å². The molecule has 0 bridgehead atoms. The molecule has 176 valence electrons. The van der Waals surface area contributed by atoms with E-state index in [9.17, 15) is 23.2 Å². The average molecular weight is 497 g/mol. The van der Waals surface area contributed by atoms with Crippen LogP contribution in [0.4, 0.5) is 13.2 Å². The normalized spacial score (nSPS) is 11.9. The highest BCUT2D eigenvalue weighted by molar-refractivity contribution is 6.31. The Labute approximate surface area is 202 Å². The number of carboxylic acid groups (broad SMARTS) is 1. The van der Waals surface area contributed by atoms with E-state index in [1.165, 1.54) is 36.4 Å². The zero-order valence-electron chi connectivity index (χ0n) is 17.9. The summed E-state index contributed by atoms with van der Waals surface area (Å²) in [6, 6.07) is 19.0. The van der Waals surface area contributed by atoms with Crippen LogP contribution in [0.2, 0.25) is 5.02 Å². The summed E-state index contributed by atoms with van der Waals surface area (Å²) in [5.74, 6) is -1.37. The molecule has 9 heteroatoms. The predicted octanol–water partition coefficient (Wildman–Crippen LogP) is 7.00. The molecule has 3 aromatic carbocycles. The van der Waals surface area contributed by atoms with E-state index < -0.39 is 12.3 Å². The number of carbonyl (C=O) groups is 1. The molecule has 0 fully saturated rings. The second-order valence-corrected chi connectivity index (χ2v) is 8.05. The maximum absolute atomic E-state index is 12.4. The third kappa shape index (κ3) is 5.65. The zero-order valence-corrected chi connectivity index (χ0v) is 18.6. The number of nitrogens with zero attached hydrogens (tertiary/aromatic N) is 2. The molecule has 0 saturated carbocycles. The largest absolute Gasteiger partial charge is 0.573 e. The Morgan fingerprint density at radius 1 is 1.06 bits per heavy atom. The summed E-state index contributed by atoms with van der Waals surface area (Å²) >= 11 is 6.20. The molecule has 0 aliphatic carbocycles. The topological polar surface area (TPSA) is 75.2 Å². The number of halogens is 4. The molecule has 0 aliphatic rings. The van der Waals surface area contributed by atoms with Gasteiger partial charge in [-0.25, -0.2) is 4.79 Å². The molecular weight excluding hydrogens is 481 g/mol. The fourth-order valence-corrected chi connectivity index (χ4v) is 3.83. The number of carboxylic acids is 1. The van der Waals surface area contributed by atoms with Crippen LogP contribution in [0.25, 0.3) is 22.6 Å². The van der Waals surface area contributed by atoms with Gasteiger partial charge in [0.25, 0.3) is 0 Å². The lowest BCUT2D eigenvalue weighted by atomic mass is 10.0. The quantitative estimate of drug-likeness (QED) is 0.291. The summed E-state index contributed by atoms with van der Waals surface area (Å²) in [5, 5.41) is 20.1. The standard InChI is InChI=1S/C26H16ClF3N2O3/c27-21-7-10-23-20(11-19(13-31)17-3-5-18(6-4-17)25(33)34)15-32(24(23)12-21)14-16-1-8-22(9-2-16)35-26(28,29)30/h1-12,15H,14H2,(H,33,34). The third-order valence-electron chi connectivity index (χ3n) is 5.25. The second kappa shape index (κ2) is 9.57. The van der Waals surface area contributed by atoms with Gasteiger partial charge in [-0.05, 0) is 53.6 Å². The van der Waals surface area contributed by atoms with Crippen molar-refractivity contribution in [2.24, 2.45) is 0 Å². The number of rotatable bonds is 6. The molecule has 4 aromatic rings. The van der Waals surface area contributed by atoms with E-state index in [0.29, 0.717) is 22.7 Å². The Kier molecular flexibility index (Phi) is 6.54. The number of fused-ring (bicyclic) bond motifs is 1. The molecule has 1 aromatic heterocycles. The first-order chi connectivity index (χ1) is 16.6. The van der Waals surface area contributed by atoms with Crippen molar-refractivity contribution in [1.82, 2.24) is 4.57 Å². The Balaban J connectivity index is 1.70. The van der Waals surface area contributed by atoms with Crippen molar-refractivity contribution in [2.75, 3.05) is 0 Å². The zero-order chi connectivity index (χ0) is 25.2. The van der Waals surface area contributed by atoms with E-state index in [1.54, 1.807) is 30.3 Å². The van der Waals surface area contributed by atoms with Crippen molar-refractivity contribution in [1.29, 1.82) is 5.26 Å². The van der Waals surface area contributed by atoms with Crippen LogP contribution in [-0.2, 0) is 6.54 Å². The number of hydrogen-bond donors (Lipinski definition) is 1. The first-order valence-corrected chi connectivity index (χ1v) is 10.6. The van der Waals surface area contributed by atoms with Gasteiger partial charge in [-0.1, -0.05) is 41.9 Å². The third-order valence-corrected chi connectivity index (χ3v) is 5.48. The van der Waals surface area contributed by atoms with Crippen molar-refractivity contribution in [3.05, 3.63) is 100 Å². The first kappa shape index (κ1) is 23.9. The predicted molar refractivity (Wildman–Crippen MR) is 126 cm³/mol. The van der Waals surface area contributed by atoms with Crippen molar-refractivity contribution >= 4 is 40.1 Å². The fraction of sp³-hybridized carbons (Fsp3) is 0.0769. The Morgan fingerprint density at radius 3 is 2.31 bits per heavy atom. The Morgan fingerprint density at radius 2 is 1.71 bits per heavy atom. The van der Waals surface area contributed by atoms with Gasteiger partial charge in [-0.15, -0.1) is 13.2 Å². The van der Waals surface area contributed by atoms with E-state index in [1.807, 2.05) is 16.8 Å². The molecule has 0 amide bonds. The SMILES string of the molecule is N#CC(=Cc1cn(Cc2ccc(OC(F)(F)F)cc2)c2cc(Cl)ccc12)c1ccc(C(=O)O)cc1. The molecule has 5 nitrogen and oxygen atoms in total. The maximum Gasteiger partial charge on any atom is 0.573 e. The molecule has 0 aliphatic heterocycles. The van der Waals surface area contributed by atoms with Crippen LogP contribution in [0.15, 0.2) is 72.9 Å². The summed E-state index contributed by atoms with van der Waals surface area (Å²) in [5.41, 5.74) is 3.25. The van der Waals surface area contributed by atoms with Crippen molar-refractivity contribution < 1.29 is 27.8 Å². The molecule has 0 spiro atoms. The van der Waals surface area contributed by atoms with Crippen molar-refractivity contribution in [2.45, 2.75) is 12.9 Å². The molecule has 4 rings (SSSR count). The van der Waals surface area contributed by atoms with Crippen LogP contribution < -0.4 is 4.74 Å². The molecule has 1 heterocycles. The van der Waals surface area contributed by atoms with Crippen molar-refractivity contribution in [3.63, 3.8) is 0 Å². The van der Waals surface area contributed by atoms with Gasteiger partial charge < -0.3 is 14.4 Å². The molecular formula is C26H16ClF3N2O3. The number of allylic oxidation sites excluding steroid dienone is 1. The highest BCUT2D eigenvalue weighted by Gasteiger charge is 2.30. The van der Waals surface area contributed by atoms with Gasteiger partial charge in [-0.3, -0.25) is 0 Å². The molecule has 1 N–H and O–H groups in total. The van der Waals surface area contributed by atoms with Crippen LogP contribution in [0, 0.1) is 11.3 Å². The summed E-state index contributed by atoms with van der Waals surface area (Å²) in [4.78, 5) is 11.1. The molecule has 35 heavy (non-hydrogen) atoms. The summed E-state index contributed by atoms with van der Waals surface area (Å²) < 4.78 is 43.1. The molecule has 0 unspecified atom stereocenters.